The molecule has 2 aromatic carbocycles. The van der Waals surface area contributed by atoms with Crippen molar-refractivity contribution in [3.8, 4) is 0 Å². The van der Waals surface area contributed by atoms with Crippen LogP contribution in [0.3, 0.4) is 0 Å². The standard InChI is InChI=1S/C22H24N2O4/c1-14(19-10-6-8-17-7-4-5-9-20(17)19)23-21(25)13-27-22(26)12-11-18-15(2)24-28-16(18)3/h4-10,14H,11-13H2,1-3H3,(H,23,25)/t14-/m0/s1. The summed E-state index contributed by atoms with van der Waals surface area (Å²) in [5.41, 5.74) is 2.70. The molecule has 0 radical (unpaired) electrons. The zero-order valence-electron chi connectivity index (χ0n) is 16.3. The molecule has 6 nitrogen and oxygen atoms in total. The van der Waals surface area contributed by atoms with Crippen LogP contribution in [0.2, 0.25) is 0 Å². The maximum atomic E-state index is 12.2. The summed E-state index contributed by atoms with van der Waals surface area (Å²) in [5.74, 6) is -0.0500. The van der Waals surface area contributed by atoms with Crippen molar-refractivity contribution in [1.82, 2.24) is 10.5 Å². The normalized spacial score (nSPS) is 12.0. The molecule has 0 aliphatic carbocycles. The number of carbonyl (C=O) groups is 2. The number of fused-ring (bicyclic) bond motifs is 1. The molecule has 0 spiro atoms. The van der Waals surface area contributed by atoms with Crippen molar-refractivity contribution >= 4 is 22.6 Å². The van der Waals surface area contributed by atoms with Gasteiger partial charge in [-0.2, -0.15) is 0 Å². The molecule has 0 bridgehead atoms. The molecule has 1 aromatic heterocycles. The number of nitrogens with one attached hydrogen (secondary N) is 1. The first-order chi connectivity index (χ1) is 13.5. The van der Waals surface area contributed by atoms with E-state index in [1.54, 1.807) is 0 Å². The van der Waals surface area contributed by atoms with Crippen LogP contribution in [0, 0.1) is 13.8 Å². The lowest BCUT2D eigenvalue weighted by atomic mass is 10.00. The van der Waals surface area contributed by atoms with E-state index in [-0.39, 0.29) is 25.0 Å². The van der Waals surface area contributed by atoms with Gasteiger partial charge in [-0.15, -0.1) is 0 Å². The van der Waals surface area contributed by atoms with E-state index in [1.165, 1.54) is 0 Å². The third-order valence-corrected chi connectivity index (χ3v) is 4.79. The number of rotatable bonds is 7. The van der Waals surface area contributed by atoms with E-state index in [9.17, 15) is 9.59 Å². The number of nitrogens with zero attached hydrogens (tertiary/aromatic N) is 1. The Balaban J connectivity index is 1.50. The van der Waals surface area contributed by atoms with Gasteiger partial charge in [-0.05, 0) is 43.5 Å². The van der Waals surface area contributed by atoms with Gasteiger partial charge in [0.2, 0.25) is 0 Å². The number of amides is 1. The third kappa shape index (κ3) is 4.57. The highest BCUT2D eigenvalue weighted by Gasteiger charge is 2.15. The molecule has 6 heteroatoms. The van der Waals surface area contributed by atoms with Crippen LogP contribution >= 0.6 is 0 Å². The van der Waals surface area contributed by atoms with Crippen LogP contribution in [0.25, 0.3) is 10.8 Å². The Hall–Kier alpha value is -3.15. The van der Waals surface area contributed by atoms with E-state index in [4.69, 9.17) is 9.26 Å². The van der Waals surface area contributed by atoms with Gasteiger partial charge in [-0.1, -0.05) is 47.6 Å². The lowest BCUT2D eigenvalue weighted by molar-refractivity contribution is -0.148. The summed E-state index contributed by atoms with van der Waals surface area (Å²) in [4.78, 5) is 24.1. The van der Waals surface area contributed by atoms with Crippen molar-refractivity contribution in [2.75, 3.05) is 6.61 Å². The van der Waals surface area contributed by atoms with Gasteiger partial charge in [0.25, 0.3) is 5.91 Å². The molecular formula is C22H24N2O4. The number of benzene rings is 2. The summed E-state index contributed by atoms with van der Waals surface area (Å²) in [6, 6.07) is 13.8. The van der Waals surface area contributed by atoms with E-state index in [1.807, 2.05) is 63.2 Å². The van der Waals surface area contributed by atoms with Crippen LogP contribution in [0.4, 0.5) is 0 Å². The molecular weight excluding hydrogens is 356 g/mol. The number of aromatic nitrogens is 1. The van der Waals surface area contributed by atoms with Gasteiger partial charge < -0.3 is 14.6 Å². The second-order valence-electron chi connectivity index (χ2n) is 6.82. The monoisotopic (exact) mass is 380 g/mol. The molecule has 0 fully saturated rings. The fraction of sp³-hybridized carbons (Fsp3) is 0.318. The fourth-order valence-electron chi connectivity index (χ4n) is 3.29. The van der Waals surface area contributed by atoms with Gasteiger partial charge in [-0.3, -0.25) is 9.59 Å². The third-order valence-electron chi connectivity index (χ3n) is 4.79. The average molecular weight is 380 g/mol. The minimum Gasteiger partial charge on any atom is -0.456 e. The van der Waals surface area contributed by atoms with Crippen molar-refractivity contribution in [3.05, 3.63) is 65.0 Å². The molecule has 146 valence electrons. The molecule has 0 saturated heterocycles. The lowest BCUT2D eigenvalue weighted by Crippen LogP contribution is -2.31. The van der Waals surface area contributed by atoms with Crippen LogP contribution in [-0.2, 0) is 20.7 Å². The van der Waals surface area contributed by atoms with Gasteiger partial charge in [-0.25, -0.2) is 0 Å². The lowest BCUT2D eigenvalue weighted by Gasteiger charge is -2.16. The van der Waals surface area contributed by atoms with Crippen molar-refractivity contribution < 1.29 is 18.8 Å². The van der Waals surface area contributed by atoms with E-state index in [2.05, 4.69) is 10.5 Å². The number of hydrogen-bond donors (Lipinski definition) is 1. The number of aryl methyl sites for hydroxylation is 2. The van der Waals surface area contributed by atoms with Crippen molar-refractivity contribution in [2.45, 2.75) is 39.7 Å². The zero-order valence-corrected chi connectivity index (χ0v) is 16.3. The van der Waals surface area contributed by atoms with Gasteiger partial charge in [0, 0.05) is 12.0 Å². The van der Waals surface area contributed by atoms with Crippen LogP contribution in [-0.4, -0.2) is 23.6 Å². The Kier molecular flexibility index (Phi) is 6.09. The molecule has 0 saturated carbocycles. The quantitative estimate of drug-likeness (QED) is 0.631. The molecule has 3 rings (SSSR count). The van der Waals surface area contributed by atoms with Gasteiger partial charge in [0.15, 0.2) is 6.61 Å². The molecule has 28 heavy (non-hydrogen) atoms. The second kappa shape index (κ2) is 8.69. The van der Waals surface area contributed by atoms with E-state index >= 15 is 0 Å². The van der Waals surface area contributed by atoms with Gasteiger partial charge >= 0.3 is 5.97 Å². The zero-order chi connectivity index (χ0) is 20.1. The molecule has 1 N–H and O–H groups in total. The Morgan fingerprint density at radius 3 is 2.64 bits per heavy atom. The largest absolute Gasteiger partial charge is 0.456 e. The first-order valence-corrected chi connectivity index (χ1v) is 9.30. The van der Waals surface area contributed by atoms with Crippen LogP contribution in [0.15, 0.2) is 47.0 Å². The summed E-state index contributed by atoms with van der Waals surface area (Å²) in [6.45, 7) is 5.26. The average Bonchev–Trinajstić information content (AvgIpc) is 3.01. The van der Waals surface area contributed by atoms with Gasteiger partial charge in [0.1, 0.15) is 5.76 Å². The minimum atomic E-state index is -0.423. The number of hydrogen-bond acceptors (Lipinski definition) is 5. The van der Waals surface area contributed by atoms with Crippen LogP contribution in [0.5, 0.6) is 0 Å². The second-order valence-corrected chi connectivity index (χ2v) is 6.82. The van der Waals surface area contributed by atoms with Crippen LogP contribution in [0.1, 0.15) is 42.0 Å². The first kappa shape index (κ1) is 19.6. The highest BCUT2D eigenvalue weighted by atomic mass is 16.5. The maximum Gasteiger partial charge on any atom is 0.306 e. The summed E-state index contributed by atoms with van der Waals surface area (Å²) in [5, 5.41) is 8.96. The van der Waals surface area contributed by atoms with E-state index in [0.29, 0.717) is 12.2 Å². The minimum absolute atomic E-state index is 0.176. The number of ether oxygens (including phenoxy) is 1. The summed E-state index contributed by atoms with van der Waals surface area (Å²) >= 11 is 0. The SMILES string of the molecule is Cc1noc(C)c1CCC(=O)OCC(=O)N[C@@H](C)c1cccc2ccccc12. The fourth-order valence-corrected chi connectivity index (χ4v) is 3.29. The molecule has 1 amide bonds. The molecule has 3 aromatic rings. The topological polar surface area (TPSA) is 81.4 Å². The molecule has 1 heterocycles. The summed E-state index contributed by atoms with van der Waals surface area (Å²) in [6.07, 6.45) is 0.656. The molecule has 0 aliphatic rings. The Bertz CT molecular complexity index is 968. The van der Waals surface area contributed by atoms with Crippen molar-refractivity contribution in [2.24, 2.45) is 0 Å². The van der Waals surface area contributed by atoms with Gasteiger partial charge in [0.05, 0.1) is 11.7 Å². The maximum absolute atomic E-state index is 12.2. The predicted octanol–water partition coefficient (Wildman–Crippen LogP) is 3.80. The van der Waals surface area contributed by atoms with Crippen molar-refractivity contribution in [3.63, 3.8) is 0 Å². The van der Waals surface area contributed by atoms with E-state index in [0.717, 1.165) is 27.6 Å². The molecule has 0 unspecified atom stereocenters. The Morgan fingerprint density at radius 2 is 1.89 bits per heavy atom. The molecule has 1 atom stereocenters. The highest BCUT2D eigenvalue weighted by molar-refractivity contribution is 5.87. The predicted molar refractivity (Wildman–Crippen MR) is 106 cm³/mol. The smallest absolute Gasteiger partial charge is 0.306 e. The van der Waals surface area contributed by atoms with E-state index < -0.39 is 5.97 Å². The van der Waals surface area contributed by atoms with Crippen molar-refractivity contribution in [1.29, 1.82) is 0 Å². The number of esters is 1. The Labute approximate surface area is 163 Å². The van der Waals surface area contributed by atoms with Crippen LogP contribution < -0.4 is 5.32 Å². The molecule has 0 aliphatic heterocycles. The Morgan fingerprint density at radius 1 is 1.14 bits per heavy atom. The highest BCUT2D eigenvalue weighted by Crippen LogP contribution is 2.24. The first-order valence-electron chi connectivity index (χ1n) is 9.30. The number of carbonyl (C=O) groups excluding carboxylic acids is 2. The summed E-state index contributed by atoms with van der Waals surface area (Å²) in [7, 11) is 0. The summed E-state index contributed by atoms with van der Waals surface area (Å²) < 4.78 is 10.2.